The van der Waals surface area contributed by atoms with Crippen LogP contribution >= 0.6 is 11.8 Å². The van der Waals surface area contributed by atoms with E-state index in [0.29, 0.717) is 6.04 Å². The van der Waals surface area contributed by atoms with E-state index < -0.39 is 0 Å². The summed E-state index contributed by atoms with van der Waals surface area (Å²) in [7, 11) is 0. The molecule has 0 aromatic carbocycles. The van der Waals surface area contributed by atoms with Crippen molar-refractivity contribution >= 4 is 11.8 Å². The summed E-state index contributed by atoms with van der Waals surface area (Å²) >= 11 is 1.74. The summed E-state index contributed by atoms with van der Waals surface area (Å²) in [4.78, 5) is 8.56. The van der Waals surface area contributed by atoms with E-state index in [1.807, 2.05) is 19.3 Å². The van der Waals surface area contributed by atoms with E-state index in [1.54, 1.807) is 11.8 Å². The van der Waals surface area contributed by atoms with Gasteiger partial charge in [-0.3, -0.25) is 0 Å². The van der Waals surface area contributed by atoms with Gasteiger partial charge in [0.25, 0.3) is 0 Å². The maximum atomic E-state index is 6.04. The lowest BCUT2D eigenvalue weighted by Gasteiger charge is -2.13. The third-order valence-corrected chi connectivity index (χ3v) is 4.10. The van der Waals surface area contributed by atoms with Gasteiger partial charge in [0, 0.05) is 24.2 Å². The Morgan fingerprint density at radius 2 is 2.12 bits per heavy atom. The first-order valence-electron chi connectivity index (χ1n) is 5.93. The van der Waals surface area contributed by atoms with Crippen molar-refractivity contribution in [3.05, 3.63) is 18.0 Å². The Morgan fingerprint density at radius 1 is 1.38 bits per heavy atom. The van der Waals surface area contributed by atoms with Gasteiger partial charge in [0.1, 0.15) is 0 Å². The lowest BCUT2D eigenvalue weighted by molar-refractivity contribution is 0.470. The summed E-state index contributed by atoms with van der Waals surface area (Å²) < 4.78 is 0. The topological polar surface area (TPSA) is 51.8 Å². The van der Waals surface area contributed by atoms with E-state index in [1.165, 1.54) is 25.7 Å². The Morgan fingerprint density at radius 3 is 2.75 bits per heavy atom. The molecule has 16 heavy (non-hydrogen) atoms. The molecule has 1 saturated carbocycles. The SMILES string of the molecule is Cc1cnc(SCCC2CCCC2N)nc1. The number of aryl methyl sites for hydroxylation is 1. The van der Waals surface area contributed by atoms with Crippen LogP contribution < -0.4 is 5.73 Å². The number of hydrogen-bond acceptors (Lipinski definition) is 4. The molecule has 2 atom stereocenters. The van der Waals surface area contributed by atoms with Crippen LogP contribution in [0.15, 0.2) is 17.6 Å². The first-order valence-corrected chi connectivity index (χ1v) is 6.91. The molecule has 1 aliphatic rings. The first kappa shape index (κ1) is 11.9. The molecule has 0 saturated heterocycles. The molecular weight excluding hydrogens is 218 g/mol. The van der Waals surface area contributed by atoms with Gasteiger partial charge in [0.15, 0.2) is 5.16 Å². The predicted molar refractivity (Wildman–Crippen MR) is 67.4 cm³/mol. The largest absolute Gasteiger partial charge is 0.327 e. The lowest BCUT2D eigenvalue weighted by atomic mass is 10.0. The van der Waals surface area contributed by atoms with Crippen molar-refractivity contribution in [3.63, 3.8) is 0 Å². The molecule has 1 fully saturated rings. The number of nitrogens with zero attached hydrogens (tertiary/aromatic N) is 2. The van der Waals surface area contributed by atoms with E-state index >= 15 is 0 Å². The van der Waals surface area contributed by atoms with Crippen molar-refractivity contribution in [2.45, 2.75) is 43.8 Å². The van der Waals surface area contributed by atoms with Gasteiger partial charge >= 0.3 is 0 Å². The van der Waals surface area contributed by atoms with Crippen LogP contribution in [0.1, 0.15) is 31.2 Å². The third-order valence-electron chi connectivity index (χ3n) is 3.19. The van der Waals surface area contributed by atoms with Crippen LogP contribution in [0.25, 0.3) is 0 Å². The highest BCUT2D eigenvalue weighted by molar-refractivity contribution is 7.99. The van der Waals surface area contributed by atoms with Crippen LogP contribution in [-0.2, 0) is 0 Å². The molecule has 88 valence electrons. The van der Waals surface area contributed by atoms with E-state index in [9.17, 15) is 0 Å². The monoisotopic (exact) mass is 237 g/mol. The maximum Gasteiger partial charge on any atom is 0.187 e. The van der Waals surface area contributed by atoms with Crippen LogP contribution in [0.4, 0.5) is 0 Å². The average molecular weight is 237 g/mol. The molecule has 1 aromatic rings. The third kappa shape index (κ3) is 3.19. The standard InChI is InChI=1S/C12H19N3S/c1-9-7-14-12(15-8-9)16-6-5-10-3-2-4-11(10)13/h7-8,10-11H,2-6,13H2,1H3. The van der Waals surface area contributed by atoms with Gasteiger partial charge in [-0.1, -0.05) is 18.2 Å². The Labute approximate surface area is 101 Å². The average Bonchev–Trinajstić information content (AvgIpc) is 2.68. The molecule has 2 N–H and O–H groups in total. The summed E-state index contributed by atoms with van der Waals surface area (Å²) in [6.45, 7) is 2.01. The fourth-order valence-electron chi connectivity index (χ4n) is 2.18. The van der Waals surface area contributed by atoms with Gasteiger partial charge < -0.3 is 5.73 Å². The lowest BCUT2D eigenvalue weighted by Crippen LogP contribution is -2.24. The van der Waals surface area contributed by atoms with Gasteiger partial charge in [-0.15, -0.1) is 0 Å². The molecule has 0 radical (unpaired) electrons. The smallest absolute Gasteiger partial charge is 0.187 e. The molecule has 4 heteroatoms. The minimum absolute atomic E-state index is 0.430. The molecule has 0 bridgehead atoms. The zero-order valence-corrected chi connectivity index (χ0v) is 10.5. The number of nitrogens with two attached hydrogens (primary N) is 1. The molecule has 2 unspecified atom stereocenters. The van der Waals surface area contributed by atoms with E-state index in [0.717, 1.165) is 22.4 Å². The second-order valence-electron chi connectivity index (χ2n) is 4.53. The second kappa shape index (κ2) is 5.64. The van der Waals surface area contributed by atoms with Crippen LogP contribution in [0.2, 0.25) is 0 Å². The molecule has 1 heterocycles. The minimum atomic E-state index is 0.430. The van der Waals surface area contributed by atoms with Crippen molar-refractivity contribution in [1.82, 2.24) is 9.97 Å². The highest BCUT2D eigenvalue weighted by atomic mass is 32.2. The van der Waals surface area contributed by atoms with E-state index in [2.05, 4.69) is 9.97 Å². The zero-order valence-electron chi connectivity index (χ0n) is 9.72. The van der Waals surface area contributed by atoms with Gasteiger partial charge in [-0.05, 0) is 37.7 Å². The number of thioether (sulfide) groups is 1. The van der Waals surface area contributed by atoms with Crippen molar-refractivity contribution in [1.29, 1.82) is 0 Å². The molecule has 0 aliphatic heterocycles. The minimum Gasteiger partial charge on any atom is -0.327 e. The van der Waals surface area contributed by atoms with E-state index in [-0.39, 0.29) is 0 Å². The fourth-order valence-corrected chi connectivity index (χ4v) is 3.04. The quantitative estimate of drug-likeness (QED) is 0.645. The first-order chi connectivity index (χ1) is 7.75. The molecule has 0 amide bonds. The van der Waals surface area contributed by atoms with Gasteiger partial charge in [-0.25, -0.2) is 9.97 Å². The Bertz CT molecular complexity index is 326. The normalized spacial score (nSPS) is 24.9. The number of aromatic nitrogens is 2. The van der Waals surface area contributed by atoms with Gasteiger partial charge in [0.2, 0.25) is 0 Å². The highest BCUT2D eigenvalue weighted by Gasteiger charge is 2.23. The molecule has 2 rings (SSSR count). The highest BCUT2D eigenvalue weighted by Crippen LogP contribution is 2.28. The molecule has 0 spiro atoms. The predicted octanol–water partition coefficient (Wildman–Crippen LogP) is 2.39. The van der Waals surface area contributed by atoms with Crippen molar-refractivity contribution in [2.24, 2.45) is 11.7 Å². The molecule has 1 aliphatic carbocycles. The zero-order chi connectivity index (χ0) is 11.4. The summed E-state index contributed by atoms with van der Waals surface area (Å²) in [5.41, 5.74) is 7.15. The summed E-state index contributed by atoms with van der Waals surface area (Å²) in [5.74, 6) is 1.81. The number of hydrogen-bond donors (Lipinski definition) is 1. The van der Waals surface area contributed by atoms with Crippen molar-refractivity contribution < 1.29 is 0 Å². The summed E-state index contributed by atoms with van der Waals surface area (Å²) in [5, 5.41) is 0.886. The summed E-state index contributed by atoms with van der Waals surface area (Å²) in [6.07, 6.45) is 8.75. The van der Waals surface area contributed by atoms with Gasteiger partial charge in [-0.2, -0.15) is 0 Å². The molecular formula is C12H19N3S. The number of rotatable bonds is 4. The maximum absolute atomic E-state index is 6.04. The second-order valence-corrected chi connectivity index (χ2v) is 5.60. The van der Waals surface area contributed by atoms with Crippen LogP contribution in [0.5, 0.6) is 0 Å². The fraction of sp³-hybridized carbons (Fsp3) is 0.667. The Kier molecular flexibility index (Phi) is 4.18. The van der Waals surface area contributed by atoms with Crippen LogP contribution in [0, 0.1) is 12.8 Å². The van der Waals surface area contributed by atoms with Crippen LogP contribution in [-0.4, -0.2) is 21.8 Å². The molecule has 3 nitrogen and oxygen atoms in total. The van der Waals surface area contributed by atoms with Crippen LogP contribution in [0.3, 0.4) is 0 Å². The molecule has 1 aromatic heterocycles. The summed E-state index contributed by atoms with van der Waals surface area (Å²) in [6, 6.07) is 0.430. The van der Waals surface area contributed by atoms with Crippen molar-refractivity contribution in [3.8, 4) is 0 Å². The Balaban J connectivity index is 1.73. The van der Waals surface area contributed by atoms with E-state index in [4.69, 9.17) is 5.73 Å². The van der Waals surface area contributed by atoms with Gasteiger partial charge in [0.05, 0.1) is 0 Å². The Hall–Kier alpha value is -0.610. The van der Waals surface area contributed by atoms with Crippen molar-refractivity contribution in [2.75, 3.05) is 5.75 Å².